The van der Waals surface area contributed by atoms with E-state index in [-0.39, 0.29) is 11.8 Å². The molecular weight excluding hydrogens is 316 g/mol. The molecule has 0 aliphatic rings. The van der Waals surface area contributed by atoms with Crippen molar-refractivity contribution < 1.29 is 9.59 Å². The third-order valence-electron chi connectivity index (χ3n) is 3.71. The van der Waals surface area contributed by atoms with E-state index in [0.29, 0.717) is 23.4 Å². The third kappa shape index (κ3) is 4.11. The van der Waals surface area contributed by atoms with Gasteiger partial charge in [0, 0.05) is 24.5 Å². The van der Waals surface area contributed by atoms with Crippen LogP contribution in [0.1, 0.15) is 26.3 Å². The molecule has 1 heterocycles. The Morgan fingerprint density at radius 2 is 1.68 bits per heavy atom. The van der Waals surface area contributed by atoms with Crippen LogP contribution < -0.4 is 10.6 Å². The summed E-state index contributed by atoms with van der Waals surface area (Å²) in [7, 11) is 1.57. The van der Waals surface area contributed by atoms with Crippen LogP contribution in [0.5, 0.6) is 0 Å². The van der Waals surface area contributed by atoms with Gasteiger partial charge in [0.1, 0.15) is 0 Å². The Morgan fingerprint density at radius 1 is 0.960 bits per heavy atom. The lowest BCUT2D eigenvalue weighted by Gasteiger charge is -2.05. The predicted octanol–water partition coefficient (Wildman–Crippen LogP) is 2.54. The molecule has 6 nitrogen and oxygen atoms in total. The summed E-state index contributed by atoms with van der Waals surface area (Å²) in [5.41, 5.74) is 2.75. The van der Waals surface area contributed by atoms with E-state index in [4.69, 9.17) is 0 Å². The number of anilines is 1. The molecule has 0 aliphatic heterocycles. The van der Waals surface area contributed by atoms with Crippen LogP contribution in [0.4, 0.5) is 5.69 Å². The molecule has 0 atom stereocenters. The van der Waals surface area contributed by atoms with Crippen LogP contribution in [-0.4, -0.2) is 28.6 Å². The van der Waals surface area contributed by atoms with Crippen molar-refractivity contribution in [1.82, 2.24) is 15.1 Å². The summed E-state index contributed by atoms with van der Waals surface area (Å²) in [6.07, 6.45) is 3.25. The number of hydrogen-bond acceptors (Lipinski definition) is 3. The van der Waals surface area contributed by atoms with Crippen molar-refractivity contribution in [1.29, 1.82) is 0 Å². The van der Waals surface area contributed by atoms with Gasteiger partial charge >= 0.3 is 0 Å². The largest absolute Gasteiger partial charge is 0.355 e. The molecule has 0 radical (unpaired) electrons. The second-order valence-electron chi connectivity index (χ2n) is 5.52. The molecule has 126 valence electrons. The number of rotatable bonds is 5. The smallest absolute Gasteiger partial charge is 0.258 e. The summed E-state index contributed by atoms with van der Waals surface area (Å²) in [5, 5.41) is 9.57. The lowest BCUT2D eigenvalue weighted by atomic mass is 10.2. The van der Waals surface area contributed by atoms with Gasteiger partial charge in [-0.3, -0.25) is 14.3 Å². The number of carbonyl (C=O) groups is 2. The van der Waals surface area contributed by atoms with E-state index in [1.54, 1.807) is 42.2 Å². The van der Waals surface area contributed by atoms with Gasteiger partial charge in [-0.25, -0.2) is 0 Å². The molecule has 0 saturated carbocycles. The number of nitrogens with zero attached hydrogens (tertiary/aromatic N) is 2. The molecule has 0 aliphatic carbocycles. The van der Waals surface area contributed by atoms with Gasteiger partial charge in [0.15, 0.2) is 0 Å². The standard InChI is InChI=1S/C19H18N4O2/c1-20-18(24)15-7-9-17(10-8-15)22-19(25)16-11-21-23(13-16)12-14-5-3-2-4-6-14/h2-11,13H,12H2,1H3,(H,20,24)(H,22,25). The van der Waals surface area contributed by atoms with Gasteiger partial charge in [0.05, 0.1) is 18.3 Å². The average molecular weight is 334 g/mol. The van der Waals surface area contributed by atoms with Gasteiger partial charge in [-0.1, -0.05) is 30.3 Å². The minimum atomic E-state index is -0.244. The monoisotopic (exact) mass is 334 g/mol. The van der Waals surface area contributed by atoms with Crippen LogP contribution in [0.2, 0.25) is 0 Å². The molecule has 0 saturated heterocycles. The Hall–Kier alpha value is -3.41. The molecule has 0 spiro atoms. The maximum Gasteiger partial charge on any atom is 0.258 e. The first-order valence-electron chi connectivity index (χ1n) is 7.85. The summed E-state index contributed by atoms with van der Waals surface area (Å²) < 4.78 is 1.72. The molecule has 1 aromatic heterocycles. The quantitative estimate of drug-likeness (QED) is 0.753. The van der Waals surface area contributed by atoms with Crippen LogP contribution in [0.25, 0.3) is 0 Å². The molecule has 0 unspecified atom stereocenters. The topological polar surface area (TPSA) is 76.0 Å². The minimum absolute atomic E-state index is 0.167. The second kappa shape index (κ2) is 7.44. The summed E-state index contributed by atoms with van der Waals surface area (Å²) in [5.74, 6) is -0.410. The molecule has 2 aromatic carbocycles. The molecule has 0 bridgehead atoms. The zero-order valence-electron chi connectivity index (χ0n) is 13.8. The predicted molar refractivity (Wildman–Crippen MR) is 95.6 cm³/mol. The summed E-state index contributed by atoms with van der Waals surface area (Å²) in [4.78, 5) is 23.8. The third-order valence-corrected chi connectivity index (χ3v) is 3.71. The molecule has 3 rings (SSSR count). The van der Waals surface area contributed by atoms with E-state index >= 15 is 0 Å². The Kier molecular flexibility index (Phi) is 4.89. The highest BCUT2D eigenvalue weighted by atomic mass is 16.2. The number of aromatic nitrogens is 2. The van der Waals surface area contributed by atoms with Gasteiger partial charge in [0.2, 0.25) is 0 Å². The van der Waals surface area contributed by atoms with Crippen LogP contribution in [0.15, 0.2) is 67.0 Å². The van der Waals surface area contributed by atoms with Gasteiger partial charge in [0.25, 0.3) is 11.8 Å². The van der Waals surface area contributed by atoms with Crippen LogP contribution in [0, 0.1) is 0 Å². The van der Waals surface area contributed by atoms with E-state index in [1.807, 2.05) is 30.3 Å². The Balaban J connectivity index is 1.64. The average Bonchev–Trinajstić information content (AvgIpc) is 3.11. The highest BCUT2D eigenvalue weighted by molar-refractivity contribution is 6.04. The highest BCUT2D eigenvalue weighted by Gasteiger charge is 2.10. The Bertz CT molecular complexity index is 870. The lowest BCUT2D eigenvalue weighted by Crippen LogP contribution is -2.17. The zero-order valence-corrected chi connectivity index (χ0v) is 13.8. The van der Waals surface area contributed by atoms with Crippen molar-refractivity contribution in [3.8, 4) is 0 Å². The maximum atomic E-state index is 12.3. The number of benzene rings is 2. The first kappa shape index (κ1) is 16.4. The van der Waals surface area contributed by atoms with Gasteiger partial charge in [-0.05, 0) is 29.8 Å². The zero-order chi connectivity index (χ0) is 17.6. The van der Waals surface area contributed by atoms with Crippen molar-refractivity contribution >= 4 is 17.5 Å². The number of carbonyl (C=O) groups excluding carboxylic acids is 2. The molecular formula is C19H18N4O2. The van der Waals surface area contributed by atoms with Crippen LogP contribution in [0.3, 0.4) is 0 Å². The molecule has 6 heteroatoms. The molecule has 2 N–H and O–H groups in total. The lowest BCUT2D eigenvalue weighted by molar-refractivity contribution is 0.0962. The van der Waals surface area contributed by atoms with Gasteiger partial charge < -0.3 is 10.6 Å². The van der Waals surface area contributed by atoms with E-state index in [0.717, 1.165) is 5.56 Å². The summed E-state index contributed by atoms with van der Waals surface area (Å²) in [6.45, 7) is 0.606. The summed E-state index contributed by atoms with van der Waals surface area (Å²) >= 11 is 0. The number of amides is 2. The van der Waals surface area contributed by atoms with E-state index in [1.165, 1.54) is 6.20 Å². The van der Waals surface area contributed by atoms with Crippen LogP contribution >= 0.6 is 0 Å². The minimum Gasteiger partial charge on any atom is -0.355 e. The van der Waals surface area contributed by atoms with Crippen molar-refractivity contribution in [2.75, 3.05) is 12.4 Å². The first-order chi connectivity index (χ1) is 12.2. The van der Waals surface area contributed by atoms with Crippen LogP contribution in [-0.2, 0) is 6.54 Å². The number of hydrogen-bond donors (Lipinski definition) is 2. The van der Waals surface area contributed by atoms with Gasteiger partial charge in [-0.15, -0.1) is 0 Å². The molecule has 25 heavy (non-hydrogen) atoms. The fourth-order valence-electron chi connectivity index (χ4n) is 2.39. The van der Waals surface area contributed by atoms with E-state index in [2.05, 4.69) is 15.7 Å². The van der Waals surface area contributed by atoms with Gasteiger partial charge in [-0.2, -0.15) is 5.10 Å². The normalized spacial score (nSPS) is 10.3. The summed E-state index contributed by atoms with van der Waals surface area (Å²) in [6, 6.07) is 16.6. The Labute approximate surface area is 145 Å². The van der Waals surface area contributed by atoms with Crippen molar-refractivity contribution in [2.24, 2.45) is 0 Å². The van der Waals surface area contributed by atoms with Crippen molar-refractivity contribution in [3.05, 3.63) is 83.7 Å². The fraction of sp³-hybridized carbons (Fsp3) is 0.105. The van der Waals surface area contributed by atoms with Crippen molar-refractivity contribution in [2.45, 2.75) is 6.54 Å². The second-order valence-corrected chi connectivity index (χ2v) is 5.52. The van der Waals surface area contributed by atoms with E-state index in [9.17, 15) is 9.59 Å². The molecule has 2 amide bonds. The molecule has 0 fully saturated rings. The van der Waals surface area contributed by atoms with Crippen molar-refractivity contribution in [3.63, 3.8) is 0 Å². The maximum absolute atomic E-state index is 12.3. The number of nitrogens with one attached hydrogen (secondary N) is 2. The Morgan fingerprint density at radius 3 is 2.36 bits per heavy atom. The molecule has 3 aromatic rings. The highest BCUT2D eigenvalue weighted by Crippen LogP contribution is 2.12. The fourth-order valence-corrected chi connectivity index (χ4v) is 2.39. The van der Waals surface area contributed by atoms with E-state index < -0.39 is 0 Å². The first-order valence-corrected chi connectivity index (χ1v) is 7.85. The SMILES string of the molecule is CNC(=O)c1ccc(NC(=O)c2cnn(Cc3ccccc3)c2)cc1.